The van der Waals surface area contributed by atoms with E-state index in [1.54, 1.807) is 11.6 Å². The van der Waals surface area contributed by atoms with Gasteiger partial charge >= 0.3 is 11.7 Å². The average molecular weight is 429 g/mol. The van der Waals surface area contributed by atoms with Gasteiger partial charge in [-0.15, -0.1) is 0 Å². The molecule has 0 spiro atoms. The molecule has 0 aromatic carbocycles. The average Bonchev–Trinajstić information content (AvgIpc) is 3.33. The standard InChI is InChI=1S/C11H14N4O4.C5H9NO3S/c1-13-9-8(10(16)14(2)11(13)17)15(6-12-9)5-7-18-3-4-19-7;1-3(7)6-4(2-10)5(8)9/h6-7H,3-5H2,1-2H3;4,10H,2H2,1H3,(H,6,7)(H,8,9)/t;4-/m.0/s1. The predicted molar refractivity (Wildman–Crippen MR) is 105 cm³/mol. The zero-order chi connectivity index (χ0) is 21.7. The molecule has 0 saturated carbocycles. The topological polar surface area (TPSA) is 147 Å². The summed E-state index contributed by atoms with van der Waals surface area (Å²) in [5, 5.41) is 10.6. The second-order valence-electron chi connectivity index (χ2n) is 6.22. The van der Waals surface area contributed by atoms with Crippen LogP contribution in [0.2, 0.25) is 0 Å². The number of carboxylic acids is 1. The fourth-order valence-corrected chi connectivity index (χ4v) is 2.89. The number of carbonyl (C=O) groups excluding carboxylic acids is 1. The van der Waals surface area contributed by atoms with Crippen LogP contribution in [-0.4, -0.2) is 67.0 Å². The lowest BCUT2D eigenvalue weighted by molar-refractivity contribution is -0.140. The highest BCUT2D eigenvalue weighted by atomic mass is 32.1. The first-order chi connectivity index (χ1) is 13.7. The van der Waals surface area contributed by atoms with Crippen LogP contribution in [0.4, 0.5) is 0 Å². The van der Waals surface area contributed by atoms with Crippen molar-refractivity contribution in [3.63, 3.8) is 0 Å². The number of carbonyl (C=O) groups is 2. The van der Waals surface area contributed by atoms with Crippen LogP contribution in [0.25, 0.3) is 11.2 Å². The molecule has 2 N–H and O–H groups in total. The number of aryl methyl sites for hydroxylation is 1. The smallest absolute Gasteiger partial charge is 0.332 e. The summed E-state index contributed by atoms with van der Waals surface area (Å²) in [6.07, 6.45) is 1.15. The van der Waals surface area contributed by atoms with Gasteiger partial charge in [-0.2, -0.15) is 12.6 Å². The van der Waals surface area contributed by atoms with Crippen LogP contribution in [0.3, 0.4) is 0 Å². The van der Waals surface area contributed by atoms with E-state index in [0.717, 1.165) is 4.57 Å². The summed E-state index contributed by atoms with van der Waals surface area (Å²) in [4.78, 5) is 48.6. The lowest BCUT2D eigenvalue weighted by atomic mass is 10.3. The monoisotopic (exact) mass is 429 g/mol. The van der Waals surface area contributed by atoms with Crippen molar-refractivity contribution in [1.82, 2.24) is 24.0 Å². The number of nitrogens with one attached hydrogen (secondary N) is 1. The first kappa shape index (κ1) is 22.6. The molecule has 13 heteroatoms. The second kappa shape index (κ2) is 9.71. The minimum Gasteiger partial charge on any atom is -0.480 e. The molecule has 1 amide bonds. The summed E-state index contributed by atoms with van der Waals surface area (Å²) >= 11 is 3.73. The van der Waals surface area contributed by atoms with E-state index in [-0.39, 0.29) is 23.5 Å². The van der Waals surface area contributed by atoms with E-state index in [1.165, 1.54) is 24.9 Å². The SMILES string of the molecule is CC(=O)N[C@@H](CS)C(=O)O.Cn1c(=O)c2c(ncn2CC2OCCO2)n(C)c1=O. The molecule has 3 rings (SSSR count). The Morgan fingerprint density at radius 2 is 1.93 bits per heavy atom. The molecule has 0 radical (unpaired) electrons. The predicted octanol–water partition coefficient (Wildman–Crippen LogP) is -1.69. The Morgan fingerprint density at radius 3 is 2.41 bits per heavy atom. The van der Waals surface area contributed by atoms with Crippen LogP contribution < -0.4 is 16.6 Å². The third-order valence-corrected chi connectivity index (χ3v) is 4.48. The molecule has 160 valence electrons. The van der Waals surface area contributed by atoms with Crippen LogP contribution in [-0.2, 0) is 39.7 Å². The van der Waals surface area contributed by atoms with Gasteiger partial charge in [0, 0.05) is 26.8 Å². The summed E-state index contributed by atoms with van der Waals surface area (Å²) in [5.41, 5.74) is -0.0143. The Kier molecular flexibility index (Phi) is 7.59. The highest BCUT2D eigenvalue weighted by molar-refractivity contribution is 7.80. The molecule has 3 heterocycles. The zero-order valence-electron chi connectivity index (χ0n) is 16.2. The van der Waals surface area contributed by atoms with E-state index in [4.69, 9.17) is 14.6 Å². The molecule has 2 aromatic heterocycles. The van der Waals surface area contributed by atoms with Gasteiger partial charge in [0.05, 0.1) is 26.1 Å². The Hall–Kier alpha value is -2.64. The third kappa shape index (κ3) is 5.25. The molecular weight excluding hydrogens is 406 g/mol. The van der Waals surface area contributed by atoms with Crippen molar-refractivity contribution in [2.45, 2.75) is 25.8 Å². The first-order valence-electron chi connectivity index (χ1n) is 8.62. The number of imidazole rings is 1. The molecular formula is C16H23N5O7S. The zero-order valence-corrected chi connectivity index (χ0v) is 17.1. The molecule has 0 unspecified atom stereocenters. The lowest BCUT2D eigenvalue weighted by Gasteiger charge is -2.10. The number of nitrogens with zero attached hydrogens (tertiary/aromatic N) is 4. The molecule has 2 aromatic rings. The second-order valence-corrected chi connectivity index (χ2v) is 6.59. The Labute approximate surface area is 170 Å². The van der Waals surface area contributed by atoms with Crippen LogP contribution in [0.5, 0.6) is 0 Å². The summed E-state index contributed by atoms with van der Waals surface area (Å²) in [7, 11) is 3.04. The molecule has 1 fully saturated rings. The van der Waals surface area contributed by atoms with Crippen molar-refractivity contribution < 1.29 is 24.2 Å². The Balaban J connectivity index is 0.000000257. The van der Waals surface area contributed by atoms with Gasteiger partial charge in [-0.25, -0.2) is 14.6 Å². The first-order valence-corrected chi connectivity index (χ1v) is 9.25. The van der Waals surface area contributed by atoms with Crippen LogP contribution in [0, 0.1) is 0 Å². The van der Waals surface area contributed by atoms with Crippen molar-refractivity contribution >= 4 is 35.7 Å². The van der Waals surface area contributed by atoms with Crippen molar-refractivity contribution in [1.29, 1.82) is 0 Å². The highest BCUT2D eigenvalue weighted by Crippen LogP contribution is 2.11. The van der Waals surface area contributed by atoms with Gasteiger partial charge in [0.1, 0.15) is 6.04 Å². The minimum atomic E-state index is -1.06. The van der Waals surface area contributed by atoms with Crippen LogP contribution >= 0.6 is 12.6 Å². The van der Waals surface area contributed by atoms with E-state index in [9.17, 15) is 19.2 Å². The molecule has 1 aliphatic heterocycles. The number of fused-ring (bicyclic) bond motifs is 1. The van der Waals surface area contributed by atoms with E-state index < -0.39 is 17.7 Å². The molecule has 12 nitrogen and oxygen atoms in total. The number of hydrogen-bond donors (Lipinski definition) is 3. The van der Waals surface area contributed by atoms with Crippen molar-refractivity contribution in [2.75, 3.05) is 19.0 Å². The van der Waals surface area contributed by atoms with E-state index in [1.807, 2.05) is 0 Å². The van der Waals surface area contributed by atoms with Crippen molar-refractivity contribution in [3.8, 4) is 0 Å². The number of hydrogen-bond acceptors (Lipinski definition) is 8. The number of aliphatic carboxylic acids is 1. The van der Waals surface area contributed by atoms with Gasteiger partial charge in [0.25, 0.3) is 5.56 Å². The van der Waals surface area contributed by atoms with Crippen molar-refractivity contribution in [3.05, 3.63) is 27.2 Å². The number of aromatic nitrogens is 4. The molecule has 1 atom stereocenters. The molecule has 29 heavy (non-hydrogen) atoms. The quantitative estimate of drug-likeness (QED) is 0.477. The normalized spacial score (nSPS) is 15.0. The largest absolute Gasteiger partial charge is 0.480 e. The molecule has 0 aliphatic carbocycles. The summed E-state index contributed by atoms with van der Waals surface area (Å²) in [6.45, 7) is 2.74. The number of thiol groups is 1. The van der Waals surface area contributed by atoms with Gasteiger partial charge in [0.15, 0.2) is 17.5 Å². The van der Waals surface area contributed by atoms with Crippen LogP contribution in [0.1, 0.15) is 6.92 Å². The maximum absolute atomic E-state index is 12.2. The van der Waals surface area contributed by atoms with Gasteiger partial charge in [-0.05, 0) is 0 Å². The summed E-state index contributed by atoms with van der Waals surface area (Å²) in [6, 6.07) is -0.874. The fourth-order valence-electron chi connectivity index (χ4n) is 2.64. The Bertz CT molecular complexity index is 1010. The number of ether oxygens (including phenoxy) is 2. The van der Waals surface area contributed by atoms with E-state index in [0.29, 0.717) is 30.9 Å². The van der Waals surface area contributed by atoms with Crippen LogP contribution in [0.15, 0.2) is 15.9 Å². The summed E-state index contributed by atoms with van der Waals surface area (Å²) < 4.78 is 14.8. The highest BCUT2D eigenvalue weighted by Gasteiger charge is 2.20. The van der Waals surface area contributed by atoms with E-state index >= 15 is 0 Å². The van der Waals surface area contributed by atoms with Gasteiger partial charge in [0.2, 0.25) is 5.91 Å². The number of carboxylic acid groups (broad SMARTS) is 1. The fraction of sp³-hybridized carbons (Fsp3) is 0.562. The van der Waals surface area contributed by atoms with E-state index in [2.05, 4.69) is 22.9 Å². The summed E-state index contributed by atoms with van der Waals surface area (Å²) in [5.74, 6) is -1.32. The maximum atomic E-state index is 12.2. The van der Waals surface area contributed by atoms with Crippen molar-refractivity contribution in [2.24, 2.45) is 14.1 Å². The van der Waals surface area contributed by atoms with Gasteiger partial charge in [-0.1, -0.05) is 0 Å². The van der Waals surface area contributed by atoms with Gasteiger partial charge in [-0.3, -0.25) is 18.7 Å². The lowest BCUT2D eigenvalue weighted by Crippen LogP contribution is -2.40. The Morgan fingerprint density at radius 1 is 1.31 bits per heavy atom. The minimum absolute atomic E-state index is 0.106. The number of rotatable bonds is 5. The molecule has 1 aliphatic rings. The third-order valence-electron chi connectivity index (χ3n) is 4.11. The molecule has 0 bridgehead atoms. The molecule has 1 saturated heterocycles. The maximum Gasteiger partial charge on any atom is 0.332 e. The number of amides is 1. The van der Waals surface area contributed by atoms with Gasteiger partial charge < -0.3 is 24.5 Å².